The molecule has 710 valence electrons. The number of para-hydroxylation sites is 1. The van der Waals surface area contributed by atoms with Gasteiger partial charge in [0.05, 0.1) is 61.1 Å². The molecule has 0 radical (unpaired) electrons. The largest absolute Gasteiger partial charge is 0.497 e. The Morgan fingerprint density at radius 3 is 1.19 bits per heavy atom. The lowest BCUT2D eigenvalue weighted by Crippen LogP contribution is -2.46. The topological polar surface area (TPSA) is 223 Å². The molecule has 0 bridgehead atoms. The van der Waals surface area contributed by atoms with Crippen molar-refractivity contribution >= 4 is 191 Å². The summed E-state index contributed by atoms with van der Waals surface area (Å²) in [6.45, 7) is 9.55. The van der Waals surface area contributed by atoms with Crippen molar-refractivity contribution in [2.75, 3.05) is 66.6 Å². The molecule has 0 saturated heterocycles. The molecule has 29 heteroatoms. The third-order valence-corrected chi connectivity index (χ3v) is 29.6. The minimum Gasteiger partial charge on any atom is -0.497 e. The molecule has 139 heavy (non-hydrogen) atoms. The van der Waals surface area contributed by atoms with Crippen molar-refractivity contribution in [3.63, 3.8) is 0 Å². The van der Waals surface area contributed by atoms with Crippen molar-refractivity contribution in [3.8, 4) is 11.5 Å². The van der Waals surface area contributed by atoms with E-state index in [-0.39, 0.29) is 48.4 Å². The highest BCUT2D eigenvalue weighted by atomic mass is 79.9. The first-order valence-electron chi connectivity index (χ1n) is 46.3. The molecule has 18 aromatic rings. The van der Waals surface area contributed by atoms with Gasteiger partial charge in [0.1, 0.15) is 29.2 Å². The molecule has 24 rings (SSSR count). The van der Waals surface area contributed by atoms with Gasteiger partial charge in [0.2, 0.25) is 0 Å². The molecule has 0 saturated carbocycles. The van der Waals surface area contributed by atoms with Crippen molar-refractivity contribution in [2.24, 2.45) is 0 Å². The zero-order chi connectivity index (χ0) is 96.4. The zero-order valence-corrected chi connectivity index (χ0v) is 84.6. The average Bonchev–Trinajstić information content (AvgIpc) is 1.59. The zero-order valence-electron chi connectivity index (χ0n) is 76.1. The van der Waals surface area contributed by atoms with Crippen molar-refractivity contribution in [2.45, 2.75) is 88.6 Å². The maximum absolute atomic E-state index is 13.5. The summed E-state index contributed by atoms with van der Waals surface area (Å²) in [6, 6.07) is 79.9. The van der Waals surface area contributed by atoms with Crippen LogP contribution in [0.5, 0.6) is 11.5 Å². The Balaban J connectivity index is 0.000000107. The second-order valence-corrected chi connectivity index (χ2v) is 39.7. The van der Waals surface area contributed by atoms with E-state index in [1.165, 1.54) is 89.8 Å². The number of carbonyl (C=O) groups excluding carboxylic acids is 2. The fraction of sp³-hybridized carbons (Fsp3) is 0.218. The fourth-order valence-electron chi connectivity index (χ4n) is 20.4. The molecule has 11 N–H and O–H groups in total. The highest BCUT2D eigenvalue weighted by Gasteiger charge is 2.39. The van der Waals surface area contributed by atoms with Crippen molar-refractivity contribution < 1.29 is 32.6 Å². The summed E-state index contributed by atoms with van der Waals surface area (Å²) in [6.07, 6.45) is 5.14. The number of nitrogens with one attached hydrogen (secondary N) is 11. The maximum atomic E-state index is 13.5. The summed E-state index contributed by atoms with van der Waals surface area (Å²) in [4.78, 5) is 50.2. The number of rotatable bonds is 10. The Kier molecular flexibility index (Phi) is 29.6. The lowest BCUT2D eigenvalue weighted by molar-refractivity contribution is 0.0927. The number of hydrogen-bond donors (Lipinski definition) is 11. The molecule has 6 atom stereocenters. The van der Waals surface area contributed by atoms with Crippen LogP contribution in [0.15, 0.2) is 258 Å². The molecule has 0 aliphatic carbocycles. The van der Waals surface area contributed by atoms with Gasteiger partial charge in [-0.1, -0.05) is 192 Å². The number of benzene rings is 12. The number of nitrogens with zero attached hydrogens (tertiary/aromatic N) is 2. The predicted octanol–water partition coefficient (Wildman–Crippen LogP) is 28.1. The van der Waals surface area contributed by atoms with Gasteiger partial charge in [0.15, 0.2) is 0 Å². The molecule has 6 aromatic heterocycles. The van der Waals surface area contributed by atoms with Crippen LogP contribution in [0, 0.1) is 11.6 Å². The molecule has 0 fully saturated rings. The first-order chi connectivity index (χ1) is 67.5. The van der Waals surface area contributed by atoms with Gasteiger partial charge in [-0.2, -0.15) is 0 Å². The summed E-state index contributed by atoms with van der Waals surface area (Å²) in [7, 11) is 3.29. The summed E-state index contributed by atoms with van der Waals surface area (Å²) >= 11 is 50.1. The van der Waals surface area contributed by atoms with Crippen LogP contribution in [0.1, 0.15) is 151 Å². The summed E-state index contributed by atoms with van der Waals surface area (Å²) in [5.41, 5.74) is 27.3. The van der Waals surface area contributed by atoms with E-state index in [1.807, 2.05) is 164 Å². The number of aromatic amines is 6. The van der Waals surface area contributed by atoms with Crippen molar-refractivity contribution in [1.29, 1.82) is 0 Å². The Bertz CT molecular complexity index is 7580. The minimum atomic E-state index is -0.567. The molecule has 12 aromatic carbocycles. The van der Waals surface area contributed by atoms with Gasteiger partial charge in [0, 0.05) is 191 Å². The van der Waals surface area contributed by atoms with Crippen LogP contribution in [0.2, 0.25) is 35.2 Å². The number of halogens is 11. The highest BCUT2D eigenvalue weighted by Crippen LogP contribution is 2.47. The Morgan fingerprint density at radius 1 is 0.367 bits per heavy atom. The van der Waals surface area contributed by atoms with Gasteiger partial charge in [0.25, 0.3) is 0 Å². The second kappa shape index (κ2) is 42.6. The van der Waals surface area contributed by atoms with E-state index in [0.29, 0.717) is 51.9 Å². The average molecular weight is 2130 g/mol. The predicted molar refractivity (Wildman–Crippen MR) is 567 cm³/mol. The third-order valence-electron chi connectivity index (χ3n) is 26.6. The van der Waals surface area contributed by atoms with Crippen LogP contribution in [0.3, 0.4) is 0 Å². The van der Waals surface area contributed by atoms with Crippen LogP contribution >= 0.6 is 113 Å². The van der Waals surface area contributed by atoms with Crippen LogP contribution in [-0.2, 0) is 43.3 Å². The number of H-pyrrole nitrogens is 6. The summed E-state index contributed by atoms with van der Waals surface area (Å²) in [5, 5.41) is 29.0. The number of amides is 3. The Morgan fingerprint density at radius 2 is 0.748 bits per heavy atom. The van der Waals surface area contributed by atoms with Crippen LogP contribution in [-0.4, -0.2) is 118 Å². The number of carbonyl (C=O) groups is 2. The molecular weight excluding hydrogens is 2030 g/mol. The second-order valence-electron chi connectivity index (χ2n) is 34.9. The molecule has 0 spiro atoms. The standard InChI is InChI=1S/C21H22ClN3O2.C21H21ClN2O3.C17H14BrClN2.C17H15BrN2.C17H13Cl3N2.C17H13ClF2N2/c1-3-23-21(26)25-11-10-16-17-12-14(22)6-9-18(17)24-19(16)20(25)13-4-7-15(27-2)8-5-13;1-3-27-21(25)24-11-10-14-16-12-13(22)8-9-17(16)23-19(14)20(24)15-6-4-5-7-18(15)26-2;18-11-3-1-10(2-4-11)16-17-13(7-8-20-16)14-9-12(19)5-6-15(14)21-17;18-12-6-7-15-14(10-12)13-8-9-19-16(17(13)20-15)11-4-2-1-3-5-11;18-10-2-4-15-12(8-10)11-5-6-21-16(17(11)22-15)9-1-3-13(19)14(20)7-9;18-10-1-2-15-14(7-10)13-3-4-21-16(17(13)22-15)9-5-11(19)8-12(20)6-9/h4-9,12,20,24H,3,10-11H2,1-2H3,(H,23,26);4-9,12,20,23H,3,10-11H2,1-2H3;1-6,9,16,20-21H,7-8H2;1-7,10,16,19-20H,8-9H2;1-4,7-8,16,21-22H,5-6H2;1-2,5-8,16,21-22H,3-4H2. The van der Waals surface area contributed by atoms with Crippen LogP contribution < -0.4 is 36.1 Å². The lowest BCUT2D eigenvalue weighted by Gasteiger charge is -2.36. The number of methoxy groups -OCH3 is 2. The molecule has 6 unspecified atom stereocenters. The van der Waals surface area contributed by atoms with Gasteiger partial charge in [-0.15, -0.1) is 0 Å². The SMILES string of the molecule is Brc1ccc2[nH]c3c(c2c1)CCNC3c1ccccc1.CCNC(=O)N1CCc2c([nH]c3ccc(Cl)cc23)C1c1ccc(OC)cc1.CCOC(=O)N1CCc2c([nH]c3ccc(Cl)cc23)C1c1ccccc1OC.Clc1ccc2[nH]c3c(c2c1)CCNC3c1ccc(Br)cc1.Clc1ccc2[nH]c3c(c2c1)CCNC3c1ccc(Cl)c(Cl)c1.Fc1cc(F)cc(C2NCCc3c2[nH]c2ccc(Cl)cc32)c1. The van der Waals surface area contributed by atoms with Gasteiger partial charge in [-0.05, 0) is 277 Å². The van der Waals surface area contributed by atoms with Gasteiger partial charge >= 0.3 is 12.1 Å². The maximum Gasteiger partial charge on any atom is 0.410 e. The van der Waals surface area contributed by atoms with Crippen molar-refractivity contribution in [1.82, 2.24) is 66.3 Å². The number of hydrogen-bond acceptors (Lipinski definition) is 9. The Labute approximate surface area is 854 Å². The summed E-state index contributed by atoms with van der Waals surface area (Å²) < 4.78 is 45.5. The monoisotopic (exact) mass is 2120 g/mol. The van der Waals surface area contributed by atoms with Gasteiger partial charge in [-0.3, -0.25) is 4.90 Å². The van der Waals surface area contributed by atoms with E-state index >= 15 is 0 Å². The summed E-state index contributed by atoms with van der Waals surface area (Å²) in [5.74, 6) is 0.398. The number of aromatic nitrogens is 6. The number of ether oxygens (including phenoxy) is 3. The van der Waals surface area contributed by atoms with Crippen LogP contribution in [0.25, 0.3) is 65.4 Å². The number of urea groups is 1. The first-order valence-corrected chi connectivity index (χ1v) is 50.5. The Hall–Kier alpha value is -11.3. The van der Waals surface area contributed by atoms with E-state index in [9.17, 15) is 18.4 Å². The highest BCUT2D eigenvalue weighted by molar-refractivity contribution is 9.10. The number of fused-ring (bicyclic) bond motifs is 18. The van der Waals surface area contributed by atoms with Crippen LogP contribution in [0.4, 0.5) is 18.4 Å². The molecule has 18 nitrogen and oxygen atoms in total. The third kappa shape index (κ3) is 20.4. The normalized spacial score (nSPS) is 17.2. The van der Waals surface area contributed by atoms with E-state index in [2.05, 4.69) is 173 Å². The molecule has 12 heterocycles. The van der Waals surface area contributed by atoms with Gasteiger partial charge in [-0.25, -0.2) is 18.4 Å². The lowest BCUT2D eigenvalue weighted by atomic mass is 9.92. The van der Waals surface area contributed by atoms with E-state index in [1.54, 1.807) is 19.1 Å². The fourth-order valence-corrected chi connectivity index (χ4v) is 22.2. The molecule has 3 amide bonds. The van der Waals surface area contributed by atoms with Gasteiger partial charge < -0.3 is 75.6 Å². The molecule has 6 aliphatic rings. The smallest absolute Gasteiger partial charge is 0.410 e. The molecule has 6 aliphatic heterocycles. The van der Waals surface area contributed by atoms with Crippen molar-refractivity contribution in [3.05, 3.63) is 405 Å². The first kappa shape index (κ1) is 96.6. The van der Waals surface area contributed by atoms with E-state index in [0.717, 1.165) is 189 Å². The quantitative estimate of drug-likeness (QED) is 0.0626. The van der Waals surface area contributed by atoms with E-state index < -0.39 is 11.6 Å². The van der Waals surface area contributed by atoms with E-state index in [4.69, 9.17) is 95.4 Å². The minimum absolute atomic E-state index is 0.0549. The molecular formula is C110H98Br2Cl7F2N13O5.